The third kappa shape index (κ3) is 5.22. The summed E-state index contributed by atoms with van der Waals surface area (Å²) < 4.78 is 17.4. The molecule has 0 amide bonds. The van der Waals surface area contributed by atoms with Crippen LogP contribution in [-0.4, -0.2) is 27.5 Å². The largest absolute Gasteiger partial charge is 0.546 e. The Kier molecular flexibility index (Phi) is 6.02. The van der Waals surface area contributed by atoms with Gasteiger partial charge in [-0.3, -0.25) is 4.79 Å². The van der Waals surface area contributed by atoms with Crippen LogP contribution in [0.15, 0.2) is 42.2 Å². The van der Waals surface area contributed by atoms with Crippen molar-refractivity contribution in [3.63, 3.8) is 0 Å². The molecule has 0 spiro atoms. The minimum atomic E-state index is -1.70. The lowest BCUT2D eigenvalue weighted by molar-refractivity contribution is -0.153. The van der Waals surface area contributed by atoms with Crippen LogP contribution in [-0.2, 0) is 18.7 Å². The Morgan fingerprint density at radius 2 is 1.96 bits per heavy atom. The van der Waals surface area contributed by atoms with Crippen molar-refractivity contribution >= 4 is 14.3 Å². The van der Waals surface area contributed by atoms with Crippen molar-refractivity contribution in [2.75, 3.05) is 13.2 Å². The predicted molar refractivity (Wildman–Crippen MR) is 92.4 cm³/mol. The highest BCUT2D eigenvalue weighted by molar-refractivity contribution is 6.70. The molecule has 5 heteroatoms. The van der Waals surface area contributed by atoms with E-state index < -0.39 is 8.32 Å². The number of allylic oxidation sites excluding steroid dienone is 1. The fraction of sp³-hybridized carbons (Fsp3) is 0.500. The van der Waals surface area contributed by atoms with Gasteiger partial charge in [0.05, 0.1) is 18.6 Å². The molecule has 0 aromatic heterocycles. The molecule has 0 N–H and O–H groups in total. The van der Waals surface area contributed by atoms with Gasteiger partial charge in [-0.15, -0.1) is 0 Å². The standard InChI is InChI=1S/C18H26O4Si/c1-5-20-18(19)16-12-11-15(22-23(2,3)4)13-21-17(16)14-9-7-6-8-10-14/h6-11,16-17H,5,12-13H2,1-4H3/t16-,17-/m1/s1. The Morgan fingerprint density at radius 1 is 1.26 bits per heavy atom. The molecule has 1 aromatic rings. The molecule has 0 bridgehead atoms. The minimum absolute atomic E-state index is 0.216. The highest BCUT2D eigenvalue weighted by atomic mass is 28.4. The Bertz CT molecular complexity index is 548. The maximum atomic E-state index is 12.4. The van der Waals surface area contributed by atoms with Gasteiger partial charge in [0.1, 0.15) is 12.4 Å². The molecule has 0 aliphatic carbocycles. The van der Waals surface area contributed by atoms with Gasteiger partial charge in [-0.05, 0) is 44.6 Å². The summed E-state index contributed by atoms with van der Waals surface area (Å²) in [6.45, 7) is 8.99. The Balaban J connectivity index is 2.22. The summed E-state index contributed by atoms with van der Waals surface area (Å²) in [4.78, 5) is 12.4. The third-order valence-corrected chi connectivity index (χ3v) is 4.40. The van der Waals surface area contributed by atoms with E-state index in [0.717, 1.165) is 11.3 Å². The van der Waals surface area contributed by atoms with Crippen LogP contribution in [0.5, 0.6) is 0 Å². The molecule has 0 radical (unpaired) electrons. The van der Waals surface area contributed by atoms with Crippen molar-refractivity contribution in [1.82, 2.24) is 0 Å². The summed E-state index contributed by atoms with van der Waals surface area (Å²) >= 11 is 0. The van der Waals surface area contributed by atoms with Gasteiger partial charge in [0.25, 0.3) is 0 Å². The zero-order valence-electron chi connectivity index (χ0n) is 14.4. The number of esters is 1. The van der Waals surface area contributed by atoms with Gasteiger partial charge in [-0.25, -0.2) is 0 Å². The van der Waals surface area contributed by atoms with Crippen molar-refractivity contribution in [2.45, 2.75) is 39.1 Å². The first-order valence-electron chi connectivity index (χ1n) is 8.12. The van der Waals surface area contributed by atoms with Crippen molar-refractivity contribution < 1.29 is 18.7 Å². The van der Waals surface area contributed by atoms with Crippen LogP contribution in [0.25, 0.3) is 0 Å². The molecule has 4 nitrogen and oxygen atoms in total. The lowest BCUT2D eigenvalue weighted by atomic mass is 9.93. The van der Waals surface area contributed by atoms with Crippen LogP contribution in [0.4, 0.5) is 0 Å². The average Bonchev–Trinajstić information content (AvgIpc) is 2.69. The molecular weight excluding hydrogens is 308 g/mol. The first kappa shape index (κ1) is 17.8. The highest BCUT2D eigenvalue weighted by Crippen LogP contribution is 2.33. The van der Waals surface area contributed by atoms with Crippen LogP contribution in [0.1, 0.15) is 25.0 Å². The lowest BCUT2D eigenvalue weighted by Gasteiger charge is -2.24. The Hall–Kier alpha value is -1.59. The topological polar surface area (TPSA) is 44.8 Å². The van der Waals surface area contributed by atoms with Crippen LogP contribution in [0.3, 0.4) is 0 Å². The molecule has 0 saturated carbocycles. The van der Waals surface area contributed by atoms with Gasteiger partial charge in [0.2, 0.25) is 8.32 Å². The van der Waals surface area contributed by atoms with E-state index in [9.17, 15) is 4.79 Å². The molecule has 0 saturated heterocycles. The number of hydrogen-bond donors (Lipinski definition) is 0. The summed E-state index contributed by atoms with van der Waals surface area (Å²) in [6.07, 6.45) is 2.25. The van der Waals surface area contributed by atoms with Crippen molar-refractivity contribution in [2.24, 2.45) is 5.92 Å². The van der Waals surface area contributed by atoms with Crippen molar-refractivity contribution in [1.29, 1.82) is 0 Å². The van der Waals surface area contributed by atoms with Crippen LogP contribution in [0.2, 0.25) is 19.6 Å². The Morgan fingerprint density at radius 3 is 2.57 bits per heavy atom. The molecule has 2 rings (SSSR count). The van der Waals surface area contributed by atoms with Crippen LogP contribution >= 0.6 is 0 Å². The van der Waals surface area contributed by atoms with E-state index in [-0.39, 0.29) is 18.0 Å². The maximum Gasteiger partial charge on any atom is 0.312 e. The molecule has 23 heavy (non-hydrogen) atoms. The number of carbonyl (C=O) groups is 1. The van der Waals surface area contributed by atoms with Gasteiger partial charge in [-0.2, -0.15) is 0 Å². The smallest absolute Gasteiger partial charge is 0.312 e. The summed E-state index contributed by atoms with van der Waals surface area (Å²) in [7, 11) is -1.70. The quantitative estimate of drug-likeness (QED) is 0.601. The highest BCUT2D eigenvalue weighted by Gasteiger charge is 2.33. The van der Waals surface area contributed by atoms with E-state index in [1.165, 1.54) is 0 Å². The first-order valence-corrected chi connectivity index (χ1v) is 11.5. The first-order chi connectivity index (χ1) is 10.9. The van der Waals surface area contributed by atoms with E-state index in [1.807, 2.05) is 43.3 Å². The van der Waals surface area contributed by atoms with E-state index in [0.29, 0.717) is 19.6 Å². The predicted octanol–water partition coefficient (Wildman–Crippen LogP) is 4.06. The van der Waals surface area contributed by atoms with Crippen LogP contribution in [0, 0.1) is 5.92 Å². The van der Waals surface area contributed by atoms with Gasteiger partial charge >= 0.3 is 5.97 Å². The average molecular weight is 334 g/mol. The second-order valence-electron chi connectivity index (χ2n) is 6.62. The maximum absolute atomic E-state index is 12.4. The molecule has 1 aliphatic rings. The van der Waals surface area contributed by atoms with E-state index >= 15 is 0 Å². The summed E-state index contributed by atoms with van der Waals surface area (Å²) in [5.74, 6) is 0.267. The van der Waals surface area contributed by atoms with Gasteiger partial charge in [-0.1, -0.05) is 30.3 Å². The fourth-order valence-corrected chi connectivity index (χ4v) is 3.56. The number of ether oxygens (including phenoxy) is 2. The van der Waals surface area contributed by atoms with E-state index in [4.69, 9.17) is 13.9 Å². The van der Waals surface area contributed by atoms with Crippen molar-refractivity contribution in [3.05, 3.63) is 47.7 Å². The monoisotopic (exact) mass is 334 g/mol. The SMILES string of the molecule is CCOC(=O)[C@@H]1CC=C(O[Si](C)(C)C)CO[C@@H]1c1ccccc1. The number of benzene rings is 1. The molecule has 2 atom stereocenters. The second kappa shape index (κ2) is 7.79. The molecule has 1 aliphatic heterocycles. The summed E-state index contributed by atoms with van der Waals surface area (Å²) in [5, 5.41) is 0. The van der Waals surface area contributed by atoms with Gasteiger partial charge in [0, 0.05) is 0 Å². The molecule has 1 heterocycles. The summed E-state index contributed by atoms with van der Waals surface area (Å²) in [5.41, 5.74) is 0.994. The lowest BCUT2D eigenvalue weighted by Crippen LogP contribution is -2.27. The molecule has 1 aromatic carbocycles. The zero-order chi connectivity index (χ0) is 16.9. The summed E-state index contributed by atoms with van der Waals surface area (Å²) in [6, 6.07) is 9.84. The Labute approximate surface area is 139 Å². The minimum Gasteiger partial charge on any atom is -0.546 e. The number of rotatable bonds is 5. The van der Waals surface area contributed by atoms with E-state index in [1.54, 1.807) is 0 Å². The van der Waals surface area contributed by atoms with Gasteiger partial charge < -0.3 is 13.9 Å². The number of carbonyl (C=O) groups excluding carboxylic acids is 1. The van der Waals surface area contributed by atoms with Crippen LogP contribution < -0.4 is 0 Å². The third-order valence-electron chi connectivity index (χ3n) is 3.52. The van der Waals surface area contributed by atoms with E-state index in [2.05, 4.69) is 19.6 Å². The molecule has 126 valence electrons. The zero-order valence-corrected chi connectivity index (χ0v) is 15.4. The van der Waals surface area contributed by atoms with Crippen molar-refractivity contribution in [3.8, 4) is 0 Å². The molecule has 0 unspecified atom stereocenters. The second-order valence-corrected chi connectivity index (χ2v) is 11.1. The molecule has 0 fully saturated rings. The molecular formula is C18H26O4Si. The normalized spacial score (nSPS) is 22.0. The number of hydrogen-bond acceptors (Lipinski definition) is 4. The fourth-order valence-electron chi connectivity index (χ4n) is 2.63. The van der Waals surface area contributed by atoms with Gasteiger partial charge in [0.15, 0.2) is 0 Å².